The van der Waals surface area contributed by atoms with Crippen molar-refractivity contribution in [2.24, 2.45) is 11.7 Å². The van der Waals surface area contributed by atoms with Crippen LogP contribution in [0.4, 0.5) is 4.39 Å². The fraction of sp³-hybridized carbons (Fsp3) is 0.667. The minimum absolute atomic E-state index is 0.0977. The summed E-state index contributed by atoms with van der Waals surface area (Å²) in [4.78, 5) is 0. The van der Waals surface area contributed by atoms with Gasteiger partial charge in [-0.25, -0.2) is 4.39 Å². The van der Waals surface area contributed by atoms with Crippen LogP contribution in [0.1, 0.15) is 57.9 Å². The summed E-state index contributed by atoms with van der Waals surface area (Å²) in [6.45, 7) is 4.29. The molecule has 0 bridgehead atoms. The first kappa shape index (κ1) is 16.3. The van der Waals surface area contributed by atoms with Gasteiger partial charge in [0.2, 0.25) is 0 Å². The van der Waals surface area contributed by atoms with Crippen molar-refractivity contribution in [3.05, 3.63) is 29.6 Å². The highest BCUT2D eigenvalue weighted by Gasteiger charge is 2.22. The molecule has 0 heterocycles. The van der Waals surface area contributed by atoms with E-state index in [1.165, 1.54) is 19.3 Å². The second-order valence-corrected chi connectivity index (χ2v) is 6.31. The zero-order valence-electron chi connectivity index (χ0n) is 13.3. The molecule has 3 heteroatoms. The largest absolute Gasteiger partial charge is 0.487 e. The van der Waals surface area contributed by atoms with Crippen molar-refractivity contribution in [3.8, 4) is 5.75 Å². The van der Waals surface area contributed by atoms with Gasteiger partial charge in [-0.3, -0.25) is 0 Å². The lowest BCUT2D eigenvalue weighted by atomic mass is 9.86. The predicted octanol–water partition coefficient (Wildman–Crippen LogP) is 4.45. The average molecular weight is 293 g/mol. The van der Waals surface area contributed by atoms with Gasteiger partial charge in [-0.1, -0.05) is 26.3 Å². The van der Waals surface area contributed by atoms with E-state index >= 15 is 0 Å². The molecule has 21 heavy (non-hydrogen) atoms. The molecular formula is C18H28FNO. The number of ether oxygens (including phenoxy) is 1. The van der Waals surface area contributed by atoms with Gasteiger partial charge in [0.1, 0.15) is 0 Å². The molecule has 1 saturated carbocycles. The van der Waals surface area contributed by atoms with Crippen LogP contribution in [0.3, 0.4) is 0 Å². The lowest BCUT2D eigenvalue weighted by Gasteiger charge is -2.28. The standard InChI is InChI=1S/C18H28FNO/c1-3-13-5-8-16(9-6-13)21-18-10-7-14(12-17(18)19)11-15(20)4-2/h7,10,12-13,15-16H,3-6,8-9,11,20H2,1-2H3. The Bertz CT molecular complexity index is 441. The molecule has 1 fully saturated rings. The van der Waals surface area contributed by atoms with Gasteiger partial charge in [-0.2, -0.15) is 0 Å². The monoisotopic (exact) mass is 293 g/mol. The van der Waals surface area contributed by atoms with E-state index in [2.05, 4.69) is 6.92 Å². The van der Waals surface area contributed by atoms with E-state index in [1.54, 1.807) is 12.1 Å². The van der Waals surface area contributed by atoms with Gasteiger partial charge < -0.3 is 10.5 Å². The lowest BCUT2D eigenvalue weighted by molar-refractivity contribution is 0.125. The summed E-state index contributed by atoms with van der Waals surface area (Å²) in [7, 11) is 0. The maximum Gasteiger partial charge on any atom is 0.165 e. The van der Waals surface area contributed by atoms with Crippen molar-refractivity contribution in [3.63, 3.8) is 0 Å². The Kier molecular flexibility index (Phi) is 6.04. The minimum atomic E-state index is -0.256. The molecule has 1 unspecified atom stereocenters. The maximum atomic E-state index is 14.1. The molecule has 0 radical (unpaired) electrons. The normalized spacial score (nSPS) is 23.8. The summed E-state index contributed by atoms with van der Waals surface area (Å²) in [6, 6.07) is 5.37. The third-order valence-electron chi connectivity index (χ3n) is 4.68. The van der Waals surface area contributed by atoms with Crippen molar-refractivity contribution in [1.29, 1.82) is 0 Å². The smallest absolute Gasteiger partial charge is 0.165 e. The first-order valence-corrected chi connectivity index (χ1v) is 8.33. The molecule has 1 aliphatic carbocycles. The van der Waals surface area contributed by atoms with Crippen LogP contribution in [0.5, 0.6) is 5.75 Å². The van der Waals surface area contributed by atoms with Gasteiger partial charge in [0, 0.05) is 6.04 Å². The average Bonchev–Trinajstić information content (AvgIpc) is 2.50. The SMILES string of the molecule is CCC(N)Cc1ccc(OC2CCC(CC)CC2)c(F)c1. The highest BCUT2D eigenvalue weighted by atomic mass is 19.1. The fourth-order valence-electron chi connectivity index (χ4n) is 3.05. The number of benzene rings is 1. The van der Waals surface area contributed by atoms with Gasteiger partial charge in [0.15, 0.2) is 11.6 Å². The van der Waals surface area contributed by atoms with E-state index in [9.17, 15) is 4.39 Å². The van der Waals surface area contributed by atoms with Crippen LogP contribution in [-0.4, -0.2) is 12.1 Å². The van der Waals surface area contributed by atoms with Crippen LogP contribution in [0.15, 0.2) is 18.2 Å². The Hall–Kier alpha value is -1.09. The molecule has 1 aromatic rings. The number of hydrogen-bond acceptors (Lipinski definition) is 2. The molecule has 1 atom stereocenters. The number of rotatable bonds is 6. The summed E-state index contributed by atoms with van der Waals surface area (Å²) >= 11 is 0. The molecule has 0 aromatic heterocycles. The van der Waals surface area contributed by atoms with E-state index in [-0.39, 0.29) is 18.0 Å². The molecule has 118 valence electrons. The van der Waals surface area contributed by atoms with Crippen molar-refractivity contribution < 1.29 is 9.13 Å². The predicted molar refractivity (Wildman–Crippen MR) is 85.0 cm³/mol. The Morgan fingerprint density at radius 2 is 1.95 bits per heavy atom. The summed E-state index contributed by atoms with van der Waals surface area (Å²) < 4.78 is 20.0. The Balaban J connectivity index is 1.92. The van der Waals surface area contributed by atoms with Crippen molar-refractivity contribution in [1.82, 2.24) is 0 Å². The Morgan fingerprint density at radius 3 is 2.52 bits per heavy atom. The van der Waals surface area contributed by atoms with Gasteiger partial charge in [0.05, 0.1) is 6.10 Å². The fourth-order valence-corrected chi connectivity index (χ4v) is 3.05. The third-order valence-corrected chi connectivity index (χ3v) is 4.68. The van der Waals surface area contributed by atoms with E-state index in [0.29, 0.717) is 5.75 Å². The van der Waals surface area contributed by atoms with Crippen molar-refractivity contribution in [2.75, 3.05) is 0 Å². The highest BCUT2D eigenvalue weighted by Crippen LogP contribution is 2.30. The zero-order chi connectivity index (χ0) is 15.2. The first-order valence-electron chi connectivity index (χ1n) is 8.33. The highest BCUT2D eigenvalue weighted by molar-refractivity contribution is 5.30. The molecule has 1 aliphatic rings. The van der Waals surface area contributed by atoms with Crippen LogP contribution >= 0.6 is 0 Å². The number of hydrogen-bond donors (Lipinski definition) is 1. The minimum Gasteiger partial charge on any atom is -0.487 e. The van der Waals surface area contributed by atoms with E-state index in [4.69, 9.17) is 10.5 Å². The second-order valence-electron chi connectivity index (χ2n) is 6.31. The lowest BCUT2D eigenvalue weighted by Crippen LogP contribution is -2.24. The number of nitrogens with two attached hydrogens (primary N) is 1. The van der Waals surface area contributed by atoms with Crippen LogP contribution in [-0.2, 0) is 6.42 Å². The van der Waals surface area contributed by atoms with E-state index in [0.717, 1.165) is 37.2 Å². The van der Waals surface area contributed by atoms with Gasteiger partial charge in [-0.05, 0) is 62.1 Å². The Labute approximate surface area is 127 Å². The van der Waals surface area contributed by atoms with E-state index < -0.39 is 0 Å². The third kappa shape index (κ3) is 4.70. The molecule has 1 aromatic carbocycles. The van der Waals surface area contributed by atoms with Gasteiger partial charge in [-0.15, -0.1) is 0 Å². The van der Waals surface area contributed by atoms with Crippen LogP contribution < -0.4 is 10.5 Å². The number of halogens is 1. The summed E-state index contributed by atoms with van der Waals surface area (Å²) in [5, 5.41) is 0. The molecule has 0 aliphatic heterocycles. The van der Waals surface area contributed by atoms with Crippen LogP contribution in [0.2, 0.25) is 0 Å². The molecule has 0 spiro atoms. The topological polar surface area (TPSA) is 35.2 Å². The Morgan fingerprint density at radius 1 is 1.24 bits per heavy atom. The molecule has 2 nitrogen and oxygen atoms in total. The summed E-state index contributed by atoms with van der Waals surface area (Å²) in [5.41, 5.74) is 6.86. The zero-order valence-corrected chi connectivity index (χ0v) is 13.3. The second kappa shape index (κ2) is 7.79. The molecule has 2 N–H and O–H groups in total. The van der Waals surface area contributed by atoms with Crippen LogP contribution in [0, 0.1) is 11.7 Å². The molecule has 0 saturated heterocycles. The van der Waals surface area contributed by atoms with Crippen molar-refractivity contribution >= 4 is 0 Å². The maximum absolute atomic E-state index is 14.1. The molecule has 0 amide bonds. The van der Waals surface area contributed by atoms with Gasteiger partial charge in [0.25, 0.3) is 0 Å². The van der Waals surface area contributed by atoms with Crippen molar-refractivity contribution in [2.45, 2.75) is 70.9 Å². The summed E-state index contributed by atoms with van der Waals surface area (Å²) in [5.74, 6) is 0.963. The van der Waals surface area contributed by atoms with Crippen LogP contribution in [0.25, 0.3) is 0 Å². The van der Waals surface area contributed by atoms with E-state index in [1.807, 2.05) is 13.0 Å². The molecule has 2 rings (SSSR count). The summed E-state index contributed by atoms with van der Waals surface area (Å²) in [6.07, 6.45) is 7.52. The van der Waals surface area contributed by atoms with Gasteiger partial charge >= 0.3 is 0 Å². The first-order chi connectivity index (χ1) is 10.1. The molecular weight excluding hydrogens is 265 g/mol. The quantitative estimate of drug-likeness (QED) is 0.841.